The average molecular weight is 1060 g/mol. The zero-order valence-electron chi connectivity index (χ0n) is 51.0. The van der Waals surface area contributed by atoms with Crippen molar-refractivity contribution in [1.82, 2.24) is 5.32 Å². The van der Waals surface area contributed by atoms with Crippen LogP contribution in [0.5, 0.6) is 0 Å². The van der Waals surface area contributed by atoms with Gasteiger partial charge in [-0.3, -0.25) is 4.79 Å². The minimum absolute atomic E-state index is 0.0723. The molecular weight excluding hydrogens is 927 g/mol. The number of unbranched alkanes of at least 4 members (excludes halogenated alkanes) is 43. The fourth-order valence-electron chi connectivity index (χ4n) is 10.3. The smallest absolute Gasteiger partial charge is 0.220 e. The van der Waals surface area contributed by atoms with Gasteiger partial charge in [-0.1, -0.05) is 349 Å². The predicted octanol–water partition coefficient (Wildman–Crippen LogP) is 23.0. The standard InChI is InChI=1S/C72H131NO3/c1-3-5-7-9-11-13-15-17-19-21-23-25-27-29-31-33-35-36-38-39-41-43-45-47-49-51-53-55-57-59-61-63-65-67-71(75)70(69-74)73-72(76)68-66-64-62-60-58-56-54-52-50-48-46-44-42-40-37-34-32-30-28-26-24-22-20-18-16-14-12-10-8-6-4-2/h6,8,12,14,18,20,24,26,30,32,57,59,65,67,70-71,74-75H,3-5,7,9-11,13,15-17,19,21-23,25,27-29,31,33-56,58,60-64,66,68-69H2,1-2H3,(H,73,76)/b8-6-,14-12-,20-18-,26-24-,32-30-,59-57+,67-65+. The van der Waals surface area contributed by atoms with E-state index in [0.717, 1.165) is 64.2 Å². The molecule has 0 aromatic carbocycles. The molecule has 2 unspecified atom stereocenters. The van der Waals surface area contributed by atoms with Crippen LogP contribution in [0, 0.1) is 0 Å². The van der Waals surface area contributed by atoms with Crippen LogP contribution >= 0.6 is 0 Å². The second-order valence-corrected chi connectivity index (χ2v) is 22.9. The van der Waals surface area contributed by atoms with Crippen LogP contribution in [0.4, 0.5) is 0 Å². The zero-order chi connectivity index (χ0) is 54.8. The summed E-state index contributed by atoms with van der Waals surface area (Å²) >= 11 is 0. The van der Waals surface area contributed by atoms with Crippen molar-refractivity contribution in [2.45, 2.75) is 360 Å². The van der Waals surface area contributed by atoms with Gasteiger partial charge in [0.05, 0.1) is 18.8 Å². The van der Waals surface area contributed by atoms with Crippen LogP contribution in [0.3, 0.4) is 0 Å². The minimum atomic E-state index is -0.868. The van der Waals surface area contributed by atoms with Crippen LogP contribution in [0.2, 0.25) is 0 Å². The summed E-state index contributed by atoms with van der Waals surface area (Å²) in [6, 6.07) is -0.645. The maximum atomic E-state index is 12.5. The third-order valence-electron chi connectivity index (χ3n) is 15.4. The molecule has 0 aliphatic carbocycles. The minimum Gasteiger partial charge on any atom is -0.394 e. The maximum absolute atomic E-state index is 12.5. The topological polar surface area (TPSA) is 69.6 Å². The van der Waals surface area contributed by atoms with Gasteiger partial charge >= 0.3 is 0 Å². The molecule has 0 fully saturated rings. The maximum Gasteiger partial charge on any atom is 0.220 e. The molecule has 0 aromatic rings. The first-order valence-corrected chi connectivity index (χ1v) is 33.8. The third kappa shape index (κ3) is 62.4. The van der Waals surface area contributed by atoms with E-state index in [1.165, 1.54) is 263 Å². The molecule has 442 valence electrons. The molecule has 0 aromatic heterocycles. The van der Waals surface area contributed by atoms with Crippen molar-refractivity contribution in [1.29, 1.82) is 0 Å². The second kappa shape index (κ2) is 66.8. The Morgan fingerprint density at radius 1 is 0.329 bits per heavy atom. The van der Waals surface area contributed by atoms with E-state index in [2.05, 4.69) is 92.1 Å². The van der Waals surface area contributed by atoms with Gasteiger partial charge in [0, 0.05) is 6.42 Å². The molecule has 1 amide bonds. The molecule has 76 heavy (non-hydrogen) atoms. The van der Waals surface area contributed by atoms with Crippen LogP contribution in [0.25, 0.3) is 0 Å². The van der Waals surface area contributed by atoms with Crippen molar-refractivity contribution >= 4 is 5.91 Å². The number of aliphatic hydroxyl groups excluding tert-OH is 2. The van der Waals surface area contributed by atoms with Crippen molar-refractivity contribution in [3.63, 3.8) is 0 Å². The van der Waals surface area contributed by atoms with Gasteiger partial charge in [0.2, 0.25) is 5.91 Å². The van der Waals surface area contributed by atoms with Crippen LogP contribution in [0.1, 0.15) is 348 Å². The van der Waals surface area contributed by atoms with Crippen LogP contribution < -0.4 is 5.32 Å². The monoisotopic (exact) mass is 1060 g/mol. The molecule has 0 radical (unpaired) electrons. The van der Waals surface area contributed by atoms with Gasteiger partial charge in [-0.15, -0.1) is 0 Å². The molecule has 0 spiro atoms. The van der Waals surface area contributed by atoms with Crippen molar-refractivity contribution in [2.75, 3.05) is 6.61 Å². The Kier molecular flexibility index (Phi) is 64.7. The Balaban J connectivity index is 3.49. The first kappa shape index (κ1) is 73.6. The van der Waals surface area contributed by atoms with E-state index in [0.29, 0.717) is 6.42 Å². The summed E-state index contributed by atoms with van der Waals surface area (Å²) in [7, 11) is 0. The van der Waals surface area contributed by atoms with Gasteiger partial charge in [-0.25, -0.2) is 0 Å². The first-order chi connectivity index (χ1) is 37.7. The quantitative estimate of drug-likeness (QED) is 0.0420. The number of nitrogens with one attached hydrogen (secondary N) is 1. The van der Waals surface area contributed by atoms with Crippen LogP contribution in [-0.4, -0.2) is 34.9 Å². The molecule has 4 nitrogen and oxygen atoms in total. The molecule has 0 saturated carbocycles. The lowest BCUT2D eigenvalue weighted by atomic mass is 10.0. The molecule has 0 rings (SSSR count). The highest BCUT2D eigenvalue weighted by Gasteiger charge is 2.18. The van der Waals surface area contributed by atoms with E-state index >= 15 is 0 Å². The van der Waals surface area contributed by atoms with Gasteiger partial charge in [-0.05, 0) is 77.0 Å². The van der Waals surface area contributed by atoms with E-state index in [9.17, 15) is 15.0 Å². The number of carbonyl (C=O) groups excluding carboxylic acids is 1. The average Bonchev–Trinajstić information content (AvgIpc) is 3.42. The number of carbonyl (C=O) groups is 1. The summed E-state index contributed by atoms with van der Waals surface area (Å²) < 4.78 is 0. The lowest BCUT2D eigenvalue weighted by Gasteiger charge is -2.19. The summed E-state index contributed by atoms with van der Waals surface area (Å²) in [6.07, 6.45) is 98.1. The van der Waals surface area contributed by atoms with Gasteiger partial charge in [0.15, 0.2) is 0 Å². The summed E-state index contributed by atoms with van der Waals surface area (Å²) in [6.45, 7) is 4.21. The lowest BCUT2D eigenvalue weighted by Crippen LogP contribution is -2.45. The largest absolute Gasteiger partial charge is 0.394 e. The molecule has 4 heteroatoms. The molecular formula is C72H131NO3. The number of aliphatic hydroxyl groups is 2. The van der Waals surface area contributed by atoms with E-state index in [4.69, 9.17) is 0 Å². The highest BCUT2D eigenvalue weighted by atomic mass is 16.3. The Bertz CT molecular complexity index is 1340. The van der Waals surface area contributed by atoms with E-state index in [1.807, 2.05) is 6.08 Å². The Morgan fingerprint density at radius 3 is 0.921 bits per heavy atom. The number of hydrogen-bond donors (Lipinski definition) is 3. The highest BCUT2D eigenvalue weighted by Crippen LogP contribution is 2.18. The molecule has 2 atom stereocenters. The zero-order valence-corrected chi connectivity index (χ0v) is 51.0. The van der Waals surface area contributed by atoms with E-state index in [-0.39, 0.29) is 12.5 Å². The SMILES string of the molecule is CC/C=C\C/C=C\C/C=C\C/C=C\C/C=C\CCCCCCCCCCCCCCCCCC(=O)NC(CO)C(O)/C=C/CC/C=C/CCCCCCCCCCCCCCCCCCCCCCCCCCCCC. The molecule has 0 bridgehead atoms. The van der Waals surface area contributed by atoms with Crippen molar-refractivity contribution in [2.24, 2.45) is 0 Å². The second-order valence-electron chi connectivity index (χ2n) is 22.9. The normalized spacial score (nSPS) is 13.3. The van der Waals surface area contributed by atoms with Gasteiger partial charge in [-0.2, -0.15) is 0 Å². The Labute approximate surface area is 475 Å². The van der Waals surface area contributed by atoms with Gasteiger partial charge in [0.25, 0.3) is 0 Å². The van der Waals surface area contributed by atoms with Gasteiger partial charge in [0.1, 0.15) is 0 Å². The van der Waals surface area contributed by atoms with Gasteiger partial charge < -0.3 is 15.5 Å². The molecule has 0 heterocycles. The number of hydrogen-bond acceptors (Lipinski definition) is 3. The number of allylic oxidation sites excluding steroid dienone is 13. The lowest BCUT2D eigenvalue weighted by molar-refractivity contribution is -0.123. The Morgan fingerprint density at radius 2 is 0.592 bits per heavy atom. The number of amides is 1. The summed E-state index contributed by atoms with van der Waals surface area (Å²) in [5.74, 6) is -0.0723. The molecule has 0 aliphatic rings. The van der Waals surface area contributed by atoms with Crippen LogP contribution in [-0.2, 0) is 4.79 Å². The van der Waals surface area contributed by atoms with E-state index < -0.39 is 12.1 Å². The van der Waals surface area contributed by atoms with E-state index in [1.54, 1.807) is 6.08 Å². The summed E-state index contributed by atoms with van der Waals surface area (Å²) in [5, 5.41) is 23.3. The molecule has 0 saturated heterocycles. The predicted molar refractivity (Wildman–Crippen MR) is 340 cm³/mol. The third-order valence-corrected chi connectivity index (χ3v) is 15.4. The highest BCUT2D eigenvalue weighted by molar-refractivity contribution is 5.76. The summed E-state index contributed by atoms with van der Waals surface area (Å²) in [5.41, 5.74) is 0. The van der Waals surface area contributed by atoms with Crippen molar-refractivity contribution in [3.05, 3.63) is 85.1 Å². The fraction of sp³-hybridized carbons (Fsp3) is 0.792. The Hall–Kier alpha value is -2.43. The first-order valence-electron chi connectivity index (χ1n) is 33.8. The van der Waals surface area contributed by atoms with Crippen molar-refractivity contribution < 1.29 is 15.0 Å². The fourth-order valence-corrected chi connectivity index (χ4v) is 10.3. The molecule has 0 aliphatic heterocycles. The van der Waals surface area contributed by atoms with Crippen LogP contribution in [0.15, 0.2) is 85.1 Å². The summed E-state index contributed by atoms with van der Waals surface area (Å²) in [4.78, 5) is 12.5. The number of rotatable bonds is 62. The van der Waals surface area contributed by atoms with Crippen molar-refractivity contribution in [3.8, 4) is 0 Å². The molecule has 3 N–H and O–H groups in total.